The lowest BCUT2D eigenvalue weighted by molar-refractivity contribution is 0.0598. The number of carbonyl (C=O) groups is 1. The van der Waals surface area contributed by atoms with Crippen molar-refractivity contribution in [2.24, 2.45) is 5.18 Å². The number of nitrogens with zero attached hydrogens (tertiary/aromatic N) is 2. The van der Waals surface area contributed by atoms with E-state index in [9.17, 15) is 18.9 Å². The van der Waals surface area contributed by atoms with Crippen LogP contribution in [0.15, 0.2) is 46.5 Å². The zero-order chi connectivity index (χ0) is 14.7. The van der Waals surface area contributed by atoms with Crippen molar-refractivity contribution in [3.05, 3.63) is 63.2 Å². The van der Waals surface area contributed by atoms with Crippen molar-refractivity contribution in [2.75, 3.05) is 7.11 Å². The maximum Gasteiger partial charge on any atom is 0.343 e. The van der Waals surface area contributed by atoms with E-state index in [1.165, 1.54) is 12.1 Å². The summed E-state index contributed by atoms with van der Waals surface area (Å²) in [4.78, 5) is 34.3. The van der Waals surface area contributed by atoms with Crippen molar-refractivity contribution in [3.63, 3.8) is 0 Å². The van der Waals surface area contributed by atoms with Crippen LogP contribution < -0.4 is 5.56 Å². The fourth-order valence-corrected chi connectivity index (χ4v) is 1.67. The molecule has 102 valence electrons. The smallest absolute Gasteiger partial charge is 0.343 e. The lowest BCUT2D eigenvalue weighted by Gasteiger charge is -2.08. The number of pyridine rings is 1. The van der Waals surface area contributed by atoms with E-state index in [1.54, 1.807) is 0 Å². The van der Waals surface area contributed by atoms with Crippen LogP contribution in [0.2, 0.25) is 0 Å². The van der Waals surface area contributed by atoms with Gasteiger partial charge < -0.3 is 4.74 Å². The summed E-state index contributed by atoms with van der Waals surface area (Å²) in [6.07, 6.45) is 1.16. The predicted octanol–water partition coefficient (Wildman–Crippen LogP) is 2.16. The number of hydrogen-bond donors (Lipinski definition) is 0. The van der Waals surface area contributed by atoms with Crippen LogP contribution in [0.5, 0.6) is 0 Å². The number of esters is 1. The Morgan fingerprint density at radius 2 is 1.95 bits per heavy atom. The number of ether oxygens (including phenoxy) is 1. The molecule has 0 radical (unpaired) electrons. The molecule has 1 heterocycles. The first-order chi connectivity index (χ1) is 9.56. The van der Waals surface area contributed by atoms with E-state index in [0.29, 0.717) is 5.69 Å². The van der Waals surface area contributed by atoms with Crippen LogP contribution in [0.3, 0.4) is 0 Å². The normalized spacial score (nSPS) is 10.1. The number of carbonyl (C=O) groups excluding carboxylic acids is 1. The molecule has 0 aliphatic heterocycles. The summed E-state index contributed by atoms with van der Waals surface area (Å²) in [5.74, 6) is -1.35. The number of methoxy groups -OCH3 is 1. The molecule has 7 heteroatoms. The van der Waals surface area contributed by atoms with Gasteiger partial charge in [-0.05, 0) is 35.5 Å². The molecule has 6 nitrogen and oxygen atoms in total. The van der Waals surface area contributed by atoms with E-state index in [0.717, 1.165) is 36.1 Å². The Kier molecular flexibility index (Phi) is 3.69. The standard InChI is InChI=1S/C13H9FN2O4/c1-20-13(18)11-6-9(15-19)7-16(12(11)17)10-4-2-8(14)3-5-10/h2-7H,1H3. The van der Waals surface area contributed by atoms with E-state index in [4.69, 9.17) is 0 Å². The topological polar surface area (TPSA) is 77.7 Å². The monoisotopic (exact) mass is 276 g/mol. The minimum Gasteiger partial charge on any atom is -0.465 e. The fourth-order valence-electron chi connectivity index (χ4n) is 1.67. The predicted molar refractivity (Wildman–Crippen MR) is 68.8 cm³/mol. The van der Waals surface area contributed by atoms with Gasteiger partial charge in [0.25, 0.3) is 5.56 Å². The second-order valence-corrected chi connectivity index (χ2v) is 3.85. The van der Waals surface area contributed by atoms with Crippen LogP contribution in [0.1, 0.15) is 10.4 Å². The third kappa shape index (κ3) is 2.46. The van der Waals surface area contributed by atoms with E-state index in [1.807, 2.05) is 0 Å². The quantitative estimate of drug-likeness (QED) is 0.635. The molecule has 0 atom stereocenters. The highest BCUT2D eigenvalue weighted by Crippen LogP contribution is 2.15. The average molecular weight is 276 g/mol. The van der Waals surface area contributed by atoms with Crippen molar-refractivity contribution in [1.29, 1.82) is 0 Å². The summed E-state index contributed by atoms with van der Waals surface area (Å²) in [5.41, 5.74) is -0.828. The van der Waals surface area contributed by atoms with E-state index >= 15 is 0 Å². The van der Waals surface area contributed by atoms with Gasteiger partial charge in [-0.1, -0.05) is 0 Å². The Balaban J connectivity index is 2.69. The molecule has 1 aromatic heterocycles. The Morgan fingerprint density at radius 3 is 2.50 bits per heavy atom. The molecule has 0 aliphatic rings. The lowest BCUT2D eigenvalue weighted by atomic mass is 10.2. The van der Waals surface area contributed by atoms with Gasteiger partial charge in [0, 0.05) is 11.9 Å². The van der Waals surface area contributed by atoms with Crippen molar-refractivity contribution in [3.8, 4) is 5.69 Å². The molecular weight excluding hydrogens is 267 g/mol. The number of benzene rings is 1. The molecule has 0 saturated carbocycles. The molecule has 0 aliphatic carbocycles. The van der Waals surface area contributed by atoms with E-state index < -0.39 is 17.3 Å². The van der Waals surface area contributed by atoms with Crippen molar-refractivity contribution in [1.82, 2.24) is 4.57 Å². The molecule has 0 bridgehead atoms. The lowest BCUT2D eigenvalue weighted by Crippen LogP contribution is -2.25. The number of nitroso groups, excluding NO2 is 1. The highest BCUT2D eigenvalue weighted by Gasteiger charge is 2.16. The van der Waals surface area contributed by atoms with Gasteiger partial charge >= 0.3 is 5.97 Å². The number of rotatable bonds is 3. The third-order valence-electron chi connectivity index (χ3n) is 2.62. The third-order valence-corrected chi connectivity index (χ3v) is 2.62. The van der Waals surface area contributed by atoms with Crippen molar-refractivity contribution >= 4 is 11.7 Å². The molecular formula is C13H9FN2O4. The van der Waals surface area contributed by atoms with Gasteiger partial charge in [0.15, 0.2) is 0 Å². The van der Waals surface area contributed by atoms with Crippen LogP contribution in [0, 0.1) is 10.7 Å². The maximum absolute atomic E-state index is 12.9. The van der Waals surface area contributed by atoms with Crippen LogP contribution in [-0.4, -0.2) is 17.6 Å². The Hall–Kier alpha value is -2.83. The first kappa shape index (κ1) is 13.6. The minimum atomic E-state index is -0.878. The van der Waals surface area contributed by atoms with Crippen molar-refractivity contribution < 1.29 is 13.9 Å². The van der Waals surface area contributed by atoms with Gasteiger partial charge in [0.2, 0.25) is 0 Å². The minimum absolute atomic E-state index is 0.116. The molecule has 0 N–H and O–H groups in total. The van der Waals surface area contributed by atoms with Crippen LogP contribution in [0.25, 0.3) is 5.69 Å². The second-order valence-electron chi connectivity index (χ2n) is 3.85. The summed E-state index contributed by atoms with van der Waals surface area (Å²) >= 11 is 0. The molecule has 0 fully saturated rings. The Labute approximate surface area is 112 Å². The van der Waals surface area contributed by atoms with Crippen LogP contribution in [-0.2, 0) is 4.74 Å². The summed E-state index contributed by atoms with van der Waals surface area (Å²) < 4.78 is 18.4. The Bertz CT molecular complexity index is 722. The first-order valence-corrected chi connectivity index (χ1v) is 5.51. The zero-order valence-corrected chi connectivity index (χ0v) is 10.4. The van der Waals surface area contributed by atoms with Gasteiger partial charge in [-0.3, -0.25) is 9.36 Å². The van der Waals surface area contributed by atoms with Gasteiger partial charge in [0.1, 0.15) is 17.1 Å². The molecule has 20 heavy (non-hydrogen) atoms. The van der Waals surface area contributed by atoms with Gasteiger partial charge in [-0.2, -0.15) is 0 Å². The summed E-state index contributed by atoms with van der Waals surface area (Å²) in [5, 5.41) is 2.70. The highest BCUT2D eigenvalue weighted by molar-refractivity contribution is 5.89. The van der Waals surface area contributed by atoms with E-state index in [2.05, 4.69) is 9.91 Å². The molecule has 0 unspecified atom stereocenters. The molecule has 2 aromatic rings. The molecule has 0 saturated heterocycles. The largest absolute Gasteiger partial charge is 0.465 e. The zero-order valence-electron chi connectivity index (χ0n) is 10.4. The number of aromatic nitrogens is 1. The van der Waals surface area contributed by atoms with Gasteiger partial charge in [0.05, 0.1) is 7.11 Å². The van der Waals surface area contributed by atoms with Crippen molar-refractivity contribution in [2.45, 2.75) is 0 Å². The summed E-state index contributed by atoms with van der Waals surface area (Å²) in [6.45, 7) is 0. The summed E-state index contributed by atoms with van der Waals surface area (Å²) in [7, 11) is 1.12. The first-order valence-electron chi connectivity index (χ1n) is 5.51. The number of halogens is 1. The SMILES string of the molecule is COC(=O)c1cc(N=O)cn(-c2ccc(F)cc2)c1=O. The van der Waals surface area contributed by atoms with Crippen LogP contribution >= 0.6 is 0 Å². The maximum atomic E-state index is 12.9. The summed E-state index contributed by atoms with van der Waals surface area (Å²) in [6, 6.07) is 6.03. The number of hydrogen-bond acceptors (Lipinski definition) is 5. The highest BCUT2D eigenvalue weighted by atomic mass is 19.1. The molecule has 0 amide bonds. The average Bonchev–Trinajstić information content (AvgIpc) is 2.48. The van der Waals surface area contributed by atoms with Gasteiger partial charge in [-0.25, -0.2) is 9.18 Å². The fraction of sp³-hybridized carbons (Fsp3) is 0.0769. The van der Waals surface area contributed by atoms with E-state index in [-0.39, 0.29) is 11.3 Å². The molecule has 0 spiro atoms. The molecule has 1 aromatic carbocycles. The Morgan fingerprint density at radius 1 is 1.30 bits per heavy atom. The van der Waals surface area contributed by atoms with Gasteiger partial charge in [-0.15, -0.1) is 4.91 Å². The molecule has 2 rings (SSSR count). The van der Waals surface area contributed by atoms with Crippen LogP contribution in [0.4, 0.5) is 10.1 Å². The second kappa shape index (κ2) is 5.43.